The molecule has 1 fully saturated rings. The molecule has 4 rings (SSSR count). The third-order valence-electron chi connectivity index (χ3n) is 4.65. The highest BCUT2D eigenvalue weighted by Gasteiger charge is 2.30. The van der Waals surface area contributed by atoms with Crippen LogP contribution in [0, 0.1) is 6.92 Å². The van der Waals surface area contributed by atoms with E-state index < -0.39 is 0 Å². The molecule has 0 aliphatic carbocycles. The summed E-state index contributed by atoms with van der Waals surface area (Å²) in [5.74, 6) is 0.931. The number of hydrogen-bond donors (Lipinski definition) is 0. The first-order chi connectivity index (χ1) is 12.2. The van der Waals surface area contributed by atoms with Gasteiger partial charge in [-0.1, -0.05) is 12.1 Å². The van der Waals surface area contributed by atoms with Gasteiger partial charge in [0.05, 0.1) is 29.7 Å². The van der Waals surface area contributed by atoms with Crippen LogP contribution in [0.2, 0.25) is 0 Å². The van der Waals surface area contributed by atoms with Crippen molar-refractivity contribution in [3.63, 3.8) is 0 Å². The molecule has 1 atom stereocenters. The number of rotatable bonds is 3. The zero-order chi connectivity index (χ0) is 17.4. The van der Waals surface area contributed by atoms with Crippen molar-refractivity contribution in [3.8, 4) is 6.01 Å². The van der Waals surface area contributed by atoms with Crippen molar-refractivity contribution in [2.24, 2.45) is 0 Å². The fraction of sp³-hybridized carbons (Fsp3) is 0.333. The molecule has 1 saturated heterocycles. The van der Waals surface area contributed by atoms with Crippen LogP contribution in [0.25, 0.3) is 11.0 Å². The number of aryl methyl sites for hydroxylation is 1. The van der Waals surface area contributed by atoms with Crippen LogP contribution in [0.3, 0.4) is 0 Å². The number of nitrogens with zero attached hydrogens (tertiary/aromatic N) is 5. The number of ether oxygens (including phenoxy) is 1. The maximum Gasteiger partial charge on any atom is 0.316 e. The largest absolute Gasteiger partial charge is 0.467 e. The Morgan fingerprint density at radius 1 is 1.24 bits per heavy atom. The van der Waals surface area contributed by atoms with Gasteiger partial charge in [0.15, 0.2) is 0 Å². The second kappa shape index (κ2) is 6.16. The minimum atomic E-state index is -0.0489. The Hall–Kier alpha value is -2.96. The number of carbonyl (C=O) groups excluding carboxylic acids is 1. The summed E-state index contributed by atoms with van der Waals surface area (Å²) in [7, 11) is 1.50. The van der Waals surface area contributed by atoms with E-state index in [1.165, 1.54) is 19.5 Å². The number of aromatic nitrogens is 4. The molecular formula is C18H19N5O2. The molecule has 7 nitrogen and oxygen atoms in total. The van der Waals surface area contributed by atoms with E-state index in [-0.39, 0.29) is 18.0 Å². The van der Waals surface area contributed by atoms with Gasteiger partial charge in [0.2, 0.25) is 0 Å². The monoisotopic (exact) mass is 337 g/mol. The van der Waals surface area contributed by atoms with Gasteiger partial charge in [-0.05, 0) is 25.5 Å². The standard InChI is InChI=1S/C18H19N5O2/c1-12-21-15-5-3-4-6-16(15)23(12)14-7-8-22(11-14)17(24)13-9-19-18(25-2)20-10-13/h3-6,9-10,14H,7-8,11H2,1-2H3/t14-/m0/s1. The lowest BCUT2D eigenvalue weighted by Crippen LogP contribution is -2.29. The van der Waals surface area contributed by atoms with Gasteiger partial charge in [0.25, 0.3) is 5.91 Å². The molecule has 0 unspecified atom stereocenters. The SMILES string of the molecule is COc1ncc(C(=O)N2CC[C@H](n3c(C)nc4ccccc43)C2)cn1. The Labute approximate surface area is 145 Å². The number of likely N-dealkylation sites (tertiary alicyclic amines) is 1. The molecule has 1 aliphatic rings. The minimum absolute atomic E-state index is 0.0489. The van der Waals surface area contributed by atoms with Crippen molar-refractivity contribution >= 4 is 16.9 Å². The van der Waals surface area contributed by atoms with E-state index >= 15 is 0 Å². The number of amides is 1. The van der Waals surface area contributed by atoms with Crippen LogP contribution in [-0.4, -0.2) is 50.5 Å². The van der Waals surface area contributed by atoms with Crippen molar-refractivity contribution in [2.45, 2.75) is 19.4 Å². The second-order valence-electron chi connectivity index (χ2n) is 6.17. The predicted octanol–water partition coefficient (Wildman–Crippen LogP) is 2.23. The third-order valence-corrected chi connectivity index (χ3v) is 4.65. The molecule has 1 aliphatic heterocycles. The molecule has 1 aromatic carbocycles. The Bertz CT molecular complexity index is 919. The normalized spacial score (nSPS) is 17.2. The van der Waals surface area contributed by atoms with Crippen LogP contribution in [-0.2, 0) is 0 Å². The molecule has 3 heterocycles. The fourth-order valence-corrected chi connectivity index (χ4v) is 3.48. The molecule has 0 saturated carbocycles. The van der Waals surface area contributed by atoms with Crippen LogP contribution in [0.4, 0.5) is 0 Å². The first-order valence-corrected chi connectivity index (χ1v) is 8.26. The van der Waals surface area contributed by atoms with Crippen molar-refractivity contribution in [1.29, 1.82) is 0 Å². The number of carbonyl (C=O) groups is 1. The molecule has 0 N–H and O–H groups in total. The van der Waals surface area contributed by atoms with Crippen LogP contribution >= 0.6 is 0 Å². The Kier molecular flexibility index (Phi) is 3.83. The average Bonchev–Trinajstić information content (AvgIpc) is 3.24. The molecular weight excluding hydrogens is 318 g/mol. The first kappa shape index (κ1) is 15.6. The van der Waals surface area contributed by atoms with Gasteiger partial charge in [-0.2, -0.15) is 0 Å². The van der Waals surface area contributed by atoms with E-state index in [0.717, 1.165) is 23.3 Å². The zero-order valence-corrected chi connectivity index (χ0v) is 14.2. The van der Waals surface area contributed by atoms with Crippen LogP contribution in [0.15, 0.2) is 36.7 Å². The summed E-state index contributed by atoms with van der Waals surface area (Å²) in [6, 6.07) is 8.61. The van der Waals surface area contributed by atoms with Crippen molar-refractivity contribution in [3.05, 3.63) is 48.0 Å². The second-order valence-corrected chi connectivity index (χ2v) is 6.17. The Balaban J connectivity index is 1.56. The highest BCUT2D eigenvalue weighted by Crippen LogP contribution is 2.28. The van der Waals surface area contributed by atoms with Crippen molar-refractivity contribution in [1.82, 2.24) is 24.4 Å². The smallest absolute Gasteiger partial charge is 0.316 e. The molecule has 25 heavy (non-hydrogen) atoms. The van der Waals surface area contributed by atoms with E-state index in [4.69, 9.17) is 4.74 Å². The lowest BCUT2D eigenvalue weighted by Gasteiger charge is -2.18. The van der Waals surface area contributed by atoms with Gasteiger partial charge in [0, 0.05) is 25.5 Å². The number of hydrogen-bond acceptors (Lipinski definition) is 5. The lowest BCUT2D eigenvalue weighted by molar-refractivity contribution is 0.0786. The van der Waals surface area contributed by atoms with Gasteiger partial charge in [-0.15, -0.1) is 0 Å². The maximum absolute atomic E-state index is 12.7. The summed E-state index contributed by atoms with van der Waals surface area (Å²) in [5, 5.41) is 0. The average molecular weight is 337 g/mol. The molecule has 3 aromatic rings. The zero-order valence-electron chi connectivity index (χ0n) is 14.2. The first-order valence-electron chi connectivity index (χ1n) is 8.26. The van der Waals surface area contributed by atoms with E-state index in [2.05, 4.69) is 25.6 Å². The summed E-state index contributed by atoms with van der Waals surface area (Å²) in [4.78, 5) is 27.2. The summed E-state index contributed by atoms with van der Waals surface area (Å²) in [6.45, 7) is 3.38. The van der Waals surface area contributed by atoms with Gasteiger partial charge in [-0.3, -0.25) is 4.79 Å². The molecule has 1 amide bonds. The van der Waals surface area contributed by atoms with Crippen LogP contribution in [0.1, 0.15) is 28.6 Å². The molecule has 0 bridgehead atoms. The van der Waals surface area contributed by atoms with E-state index in [1.807, 2.05) is 30.0 Å². The molecule has 7 heteroatoms. The third kappa shape index (κ3) is 2.71. The quantitative estimate of drug-likeness (QED) is 0.733. The number of fused-ring (bicyclic) bond motifs is 1. The molecule has 0 radical (unpaired) electrons. The van der Waals surface area contributed by atoms with E-state index in [1.54, 1.807) is 0 Å². The van der Waals surface area contributed by atoms with E-state index in [9.17, 15) is 4.79 Å². The number of methoxy groups -OCH3 is 1. The van der Waals surface area contributed by atoms with Crippen molar-refractivity contribution in [2.75, 3.05) is 20.2 Å². The summed E-state index contributed by atoms with van der Waals surface area (Å²) in [5.41, 5.74) is 2.59. The topological polar surface area (TPSA) is 73.1 Å². The Morgan fingerprint density at radius 2 is 2.00 bits per heavy atom. The van der Waals surface area contributed by atoms with Crippen LogP contribution in [0.5, 0.6) is 6.01 Å². The highest BCUT2D eigenvalue weighted by molar-refractivity contribution is 5.93. The summed E-state index contributed by atoms with van der Waals surface area (Å²) in [6.07, 6.45) is 3.93. The van der Waals surface area contributed by atoms with Gasteiger partial charge in [-0.25, -0.2) is 15.0 Å². The number of benzene rings is 1. The lowest BCUT2D eigenvalue weighted by atomic mass is 10.2. The van der Waals surface area contributed by atoms with Crippen LogP contribution < -0.4 is 4.74 Å². The van der Waals surface area contributed by atoms with Gasteiger partial charge in [0.1, 0.15) is 5.82 Å². The maximum atomic E-state index is 12.7. The van der Waals surface area contributed by atoms with Gasteiger partial charge >= 0.3 is 6.01 Å². The minimum Gasteiger partial charge on any atom is -0.467 e. The number of para-hydroxylation sites is 2. The highest BCUT2D eigenvalue weighted by atomic mass is 16.5. The Morgan fingerprint density at radius 3 is 2.76 bits per heavy atom. The summed E-state index contributed by atoms with van der Waals surface area (Å²) >= 11 is 0. The number of imidazole rings is 1. The van der Waals surface area contributed by atoms with Crippen molar-refractivity contribution < 1.29 is 9.53 Å². The van der Waals surface area contributed by atoms with Gasteiger partial charge < -0.3 is 14.2 Å². The fourth-order valence-electron chi connectivity index (χ4n) is 3.48. The molecule has 128 valence electrons. The summed E-state index contributed by atoms with van der Waals surface area (Å²) < 4.78 is 7.18. The molecule has 0 spiro atoms. The molecule has 2 aromatic heterocycles. The van der Waals surface area contributed by atoms with E-state index in [0.29, 0.717) is 18.7 Å². The predicted molar refractivity (Wildman–Crippen MR) is 92.6 cm³/mol.